The fraction of sp³-hybridized carbons (Fsp3) is 0.174. The summed E-state index contributed by atoms with van der Waals surface area (Å²) in [7, 11) is 1.80. The Morgan fingerprint density at radius 1 is 0.815 bits per heavy atom. The first-order valence-electron chi connectivity index (χ1n) is 8.67. The molecule has 0 aliphatic rings. The summed E-state index contributed by atoms with van der Waals surface area (Å²) in [6.45, 7) is 0.531. The van der Waals surface area contributed by atoms with E-state index in [1.165, 1.54) is 0 Å². The van der Waals surface area contributed by atoms with Gasteiger partial charge in [0.1, 0.15) is 12.4 Å². The third-order valence-electron chi connectivity index (χ3n) is 4.04. The molecule has 3 aromatic carbocycles. The summed E-state index contributed by atoms with van der Waals surface area (Å²) < 4.78 is 5.78. The van der Waals surface area contributed by atoms with Gasteiger partial charge in [0.2, 0.25) is 5.91 Å². The lowest BCUT2D eigenvalue weighted by molar-refractivity contribution is -0.117. The van der Waals surface area contributed by atoms with E-state index in [1.54, 1.807) is 11.9 Å². The van der Waals surface area contributed by atoms with Gasteiger partial charge in [0.05, 0.1) is 6.42 Å². The van der Waals surface area contributed by atoms with Crippen molar-refractivity contribution in [2.45, 2.75) is 13.0 Å². The summed E-state index contributed by atoms with van der Waals surface area (Å²) in [4.78, 5) is 16.0. The number of alkyl halides is 1. The molecule has 0 radical (unpaired) electrons. The number of amides is 1. The van der Waals surface area contributed by atoms with Crippen LogP contribution in [-0.2, 0) is 17.8 Å². The normalized spacial score (nSPS) is 9.74. The molecule has 0 aliphatic carbocycles. The first-order valence-corrected chi connectivity index (χ1v) is 10.8. The summed E-state index contributed by atoms with van der Waals surface area (Å²) >= 11 is 2.15. The van der Waals surface area contributed by atoms with Crippen molar-refractivity contribution in [2.24, 2.45) is 0 Å². The van der Waals surface area contributed by atoms with Gasteiger partial charge in [-0.3, -0.25) is 4.79 Å². The van der Waals surface area contributed by atoms with Crippen LogP contribution < -0.4 is 9.64 Å². The Morgan fingerprint density at radius 2 is 1.33 bits per heavy atom. The molecule has 0 saturated carbocycles. The highest BCUT2D eigenvalue weighted by atomic mass is 127. The fourth-order valence-electron chi connectivity index (χ4n) is 2.54. The maximum absolute atomic E-state index is 12.4. The number of ether oxygens (including phenoxy) is 1. The molecule has 3 aromatic rings. The SMILES string of the molecule is CI.CN(C(=O)Cc1ccccc1)c1ccc(OCc2ccccc2)cc1. The Labute approximate surface area is 175 Å². The second-order valence-electron chi connectivity index (χ2n) is 5.88. The maximum atomic E-state index is 12.4. The lowest BCUT2D eigenvalue weighted by Gasteiger charge is -2.18. The van der Waals surface area contributed by atoms with Crippen molar-refractivity contribution in [2.75, 3.05) is 16.9 Å². The molecule has 3 nitrogen and oxygen atoms in total. The molecule has 0 bridgehead atoms. The van der Waals surface area contributed by atoms with Crippen LogP contribution in [0.3, 0.4) is 0 Å². The van der Waals surface area contributed by atoms with Gasteiger partial charge in [-0.05, 0) is 40.3 Å². The van der Waals surface area contributed by atoms with Crippen molar-refractivity contribution in [3.63, 3.8) is 0 Å². The van der Waals surface area contributed by atoms with E-state index in [4.69, 9.17) is 4.74 Å². The summed E-state index contributed by atoms with van der Waals surface area (Å²) in [6.07, 6.45) is 0.392. The Bertz CT molecular complexity index is 805. The number of likely N-dealkylation sites (N-methyl/N-ethyl adjacent to an activating group) is 1. The van der Waals surface area contributed by atoms with E-state index in [0.717, 1.165) is 22.6 Å². The number of anilines is 1. The molecular formula is C23H24INO2. The molecule has 0 heterocycles. The zero-order chi connectivity index (χ0) is 19.5. The van der Waals surface area contributed by atoms with Gasteiger partial charge in [0, 0.05) is 12.7 Å². The Balaban J connectivity index is 0.00000126. The third kappa shape index (κ3) is 6.71. The predicted molar refractivity (Wildman–Crippen MR) is 121 cm³/mol. The van der Waals surface area contributed by atoms with Gasteiger partial charge in [-0.1, -0.05) is 83.3 Å². The van der Waals surface area contributed by atoms with Crippen molar-refractivity contribution in [3.8, 4) is 5.75 Å². The summed E-state index contributed by atoms with van der Waals surface area (Å²) in [5, 5.41) is 0. The van der Waals surface area contributed by atoms with E-state index < -0.39 is 0 Å². The fourth-order valence-corrected chi connectivity index (χ4v) is 2.54. The van der Waals surface area contributed by atoms with E-state index in [9.17, 15) is 4.79 Å². The molecule has 0 atom stereocenters. The number of carbonyl (C=O) groups is 1. The van der Waals surface area contributed by atoms with Crippen LogP contribution in [0.15, 0.2) is 84.9 Å². The van der Waals surface area contributed by atoms with Crippen LogP contribution in [0, 0.1) is 0 Å². The summed E-state index contributed by atoms with van der Waals surface area (Å²) in [6, 6.07) is 27.4. The van der Waals surface area contributed by atoms with Crippen LogP contribution in [0.4, 0.5) is 5.69 Å². The number of halogens is 1. The minimum absolute atomic E-state index is 0.0594. The minimum Gasteiger partial charge on any atom is -0.489 e. The van der Waals surface area contributed by atoms with E-state index in [-0.39, 0.29) is 5.91 Å². The number of rotatable bonds is 6. The van der Waals surface area contributed by atoms with Crippen molar-refractivity contribution >= 4 is 34.2 Å². The highest BCUT2D eigenvalue weighted by Gasteiger charge is 2.11. The van der Waals surface area contributed by atoms with Crippen molar-refractivity contribution in [3.05, 3.63) is 96.1 Å². The minimum atomic E-state index is 0.0594. The zero-order valence-electron chi connectivity index (χ0n) is 15.6. The topological polar surface area (TPSA) is 29.5 Å². The van der Waals surface area contributed by atoms with Crippen molar-refractivity contribution < 1.29 is 9.53 Å². The molecule has 0 aromatic heterocycles. The molecule has 0 spiro atoms. The van der Waals surface area contributed by atoms with E-state index in [0.29, 0.717) is 13.0 Å². The molecule has 0 aliphatic heterocycles. The number of nitrogens with zero attached hydrogens (tertiary/aromatic N) is 1. The monoisotopic (exact) mass is 473 g/mol. The predicted octanol–water partition coefficient (Wildman–Crippen LogP) is 5.52. The summed E-state index contributed by atoms with van der Waals surface area (Å²) in [5.74, 6) is 0.848. The van der Waals surface area contributed by atoms with E-state index >= 15 is 0 Å². The molecule has 0 unspecified atom stereocenters. The highest BCUT2D eigenvalue weighted by molar-refractivity contribution is 14.1. The van der Waals surface area contributed by atoms with Gasteiger partial charge in [-0.15, -0.1) is 0 Å². The van der Waals surface area contributed by atoms with E-state index in [1.807, 2.05) is 89.9 Å². The van der Waals surface area contributed by atoms with Gasteiger partial charge >= 0.3 is 0 Å². The number of hydrogen-bond acceptors (Lipinski definition) is 2. The molecular weight excluding hydrogens is 449 g/mol. The molecule has 140 valence electrons. The van der Waals surface area contributed by atoms with Crippen molar-refractivity contribution in [1.29, 1.82) is 0 Å². The Kier molecular flexibility index (Phi) is 8.84. The van der Waals surface area contributed by atoms with Crippen LogP contribution in [0.1, 0.15) is 11.1 Å². The molecule has 3 rings (SSSR count). The van der Waals surface area contributed by atoms with Crippen LogP contribution in [0.25, 0.3) is 0 Å². The second-order valence-corrected chi connectivity index (χ2v) is 5.88. The molecule has 0 fully saturated rings. The standard InChI is InChI=1S/C22H21NO2.CH3I/c1-23(22(24)16-18-8-4-2-5-9-18)20-12-14-21(15-13-20)25-17-19-10-6-3-7-11-19;1-2/h2-15H,16-17H2,1H3;1H3. The van der Waals surface area contributed by atoms with Gasteiger partial charge in [-0.25, -0.2) is 0 Å². The lowest BCUT2D eigenvalue weighted by Crippen LogP contribution is -2.27. The van der Waals surface area contributed by atoms with Crippen LogP contribution in [0.5, 0.6) is 5.75 Å². The van der Waals surface area contributed by atoms with Gasteiger partial charge < -0.3 is 9.64 Å². The molecule has 1 amide bonds. The first kappa shape index (κ1) is 21.0. The highest BCUT2D eigenvalue weighted by Crippen LogP contribution is 2.20. The first-order chi connectivity index (χ1) is 13.2. The number of hydrogen-bond donors (Lipinski definition) is 0. The van der Waals surface area contributed by atoms with Crippen LogP contribution >= 0.6 is 22.6 Å². The Morgan fingerprint density at radius 3 is 1.89 bits per heavy atom. The summed E-state index contributed by atoms with van der Waals surface area (Å²) in [5.41, 5.74) is 3.00. The van der Waals surface area contributed by atoms with Gasteiger partial charge in [0.15, 0.2) is 0 Å². The molecule has 4 heteroatoms. The zero-order valence-corrected chi connectivity index (χ0v) is 17.8. The second kappa shape index (κ2) is 11.4. The lowest BCUT2D eigenvalue weighted by atomic mass is 10.1. The largest absolute Gasteiger partial charge is 0.489 e. The van der Waals surface area contributed by atoms with Gasteiger partial charge in [-0.2, -0.15) is 0 Å². The van der Waals surface area contributed by atoms with Gasteiger partial charge in [0.25, 0.3) is 0 Å². The van der Waals surface area contributed by atoms with E-state index in [2.05, 4.69) is 22.6 Å². The quantitative estimate of drug-likeness (QED) is 0.349. The average molecular weight is 473 g/mol. The maximum Gasteiger partial charge on any atom is 0.231 e. The van der Waals surface area contributed by atoms with Crippen LogP contribution in [-0.4, -0.2) is 17.9 Å². The average Bonchev–Trinajstić information content (AvgIpc) is 2.75. The smallest absolute Gasteiger partial charge is 0.231 e. The third-order valence-corrected chi connectivity index (χ3v) is 4.04. The Hall–Kier alpha value is -2.34. The van der Waals surface area contributed by atoms with Crippen LogP contribution in [0.2, 0.25) is 0 Å². The number of carbonyl (C=O) groups excluding carboxylic acids is 1. The molecule has 27 heavy (non-hydrogen) atoms. The molecule has 0 N–H and O–H groups in total. The number of benzene rings is 3. The van der Waals surface area contributed by atoms with Crippen molar-refractivity contribution in [1.82, 2.24) is 0 Å². The molecule has 0 saturated heterocycles.